The van der Waals surface area contributed by atoms with Crippen LogP contribution >= 0.6 is 7.83 Å². The van der Waals surface area contributed by atoms with E-state index in [1.165, 1.54) is 0 Å². The van der Waals surface area contributed by atoms with Crippen molar-refractivity contribution in [1.29, 1.82) is 0 Å². The van der Waals surface area contributed by atoms with E-state index in [-0.39, 0.29) is 0 Å². The summed E-state index contributed by atoms with van der Waals surface area (Å²) in [6.45, 7) is 30.7. The molecule has 0 amide bonds. The third kappa shape index (κ3) is 6.55. The Kier molecular flexibility index (Phi) is 6.36. The average Bonchev–Trinajstić information content (AvgIpc) is 1.91. The van der Waals surface area contributed by atoms with Crippen LogP contribution in [-0.2, 0) is 0 Å². The van der Waals surface area contributed by atoms with Crippen LogP contribution in [0.2, 0.25) is 78.6 Å². The van der Waals surface area contributed by atoms with Gasteiger partial charge in [0.05, 0.1) is 0 Å². The van der Waals surface area contributed by atoms with E-state index in [0.717, 1.165) is 0 Å². The normalized spacial score (nSPS) is 14.1. The molecule has 0 rings (SSSR count). The van der Waals surface area contributed by atoms with Crippen LogP contribution in [0.3, 0.4) is 0 Å². The van der Waals surface area contributed by atoms with Crippen molar-refractivity contribution in [3.63, 3.8) is 0 Å². The molecule has 0 heterocycles. The Morgan fingerprint density at radius 1 is 0.421 bits per heavy atom. The Labute approximate surface area is 127 Å². The number of hydrogen-bond donors (Lipinski definition) is 0. The Morgan fingerprint density at radius 3 is 0.684 bits per heavy atom. The molecule has 0 N–H and O–H groups in total. The molecule has 0 unspecified atom stereocenters. The first-order valence-corrected chi connectivity index (χ1v) is 22.3. The van der Waals surface area contributed by atoms with E-state index in [9.17, 15) is 0 Å². The van der Waals surface area contributed by atoms with E-state index >= 15 is 0 Å². The Morgan fingerprint density at radius 2 is 0.579 bits per heavy atom. The van der Waals surface area contributed by atoms with Gasteiger partial charge < -0.3 is 0 Å². The molecule has 0 bridgehead atoms. The van der Waals surface area contributed by atoms with E-state index in [1.54, 1.807) is 7.83 Å². The SMILES string of the molecule is C[Si](C)(C)C(=[P+]=C([Si](C)(C)C)[Si](C)(C)C)[Si](C)(C)C. The van der Waals surface area contributed by atoms with Gasteiger partial charge in [-0.05, 0) is 0 Å². The molecule has 0 aliphatic heterocycles. The van der Waals surface area contributed by atoms with Crippen molar-refractivity contribution in [1.82, 2.24) is 0 Å². The van der Waals surface area contributed by atoms with Crippen LogP contribution in [0.15, 0.2) is 0 Å². The predicted octanol–water partition coefficient (Wildman–Crippen LogP) is 5.79. The average molecular weight is 348 g/mol. The van der Waals surface area contributed by atoms with Crippen molar-refractivity contribution >= 4 is 49.2 Å². The third-order valence-electron chi connectivity index (χ3n) is 3.07. The van der Waals surface area contributed by atoms with E-state index in [1.807, 2.05) is 9.08 Å². The molecule has 0 aromatic carbocycles. The molecular formula is C14H36PSi4+. The van der Waals surface area contributed by atoms with Crippen LogP contribution in [0.4, 0.5) is 0 Å². The van der Waals surface area contributed by atoms with Gasteiger partial charge in [0.2, 0.25) is 0 Å². The molecule has 0 spiro atoms. The van der Waals surface area contributed by atoms with Crippen molar-refractivity contribution in [2.45, 2.75) is 78.6 Å². The van der Waals surface area contributed by atoms with Crippen LogP contribution in [-0.4, -0.2) is 41.4 Å². The zero-order chi connectivity index (χ0) is 15.9. The molecule has 5 heteroatoms. The molecule has 0 aromatic rings. The van der Waals surface area contributed by atoms with E-state index in [2.05, 4.69) is 78.6 Å². The van der Waals surface area contributed by atoms with Gasteiger partial charge in [0, 0.05) is 0 Å². The van der Waals surface area contributed by atoms with Gasteiger partial charge in [0.25, 0.3) is 0 Å². The maximum absolute atomic E-state index is 2.56. The second-order valence-electron chi connectivity index (χ2n) is 9.81. The Balaban J connectivity index is 6.49. The van der Waals surface area contributed by atoms with Gasteiger partial charge in [-0.2, -0.15) is 0 Å². The van der Waals surface area contributed by atoms with Crippen LogP contribution < -0.4 is 0 Å². The van der Waals surface area contributed by atoms with Crippen LogP contribution in [0.5, 0.6) is 0 Å². The predicted molar refractivity (Wildman–Crippen MR) is 110 cm³/mol. The molecule has 0 aliphatic rings. The van der Waals surface area contributed by atoms with Crippen LogP contribution in [0.1, 0.15) is 0 Å². The molecule has 0 radical (unpaired) electrons. The maximum atomic E-state index is 2.56. The fraction of sp³-hybridized carbons (Fsp3) is 0.857. The van der Waals surface area contributed by atoms with E-state index in [4.69, 9.17) is 0 Å². The summed E-state index contributed by atoms with van der Waals surface area (Å²) in [7, 11) is -2.91. The second kappa shape index (κ2) is 6.03. The second-order valence-corrected chi connectivity index (χ2v) is 33.6. The summed E-state index contributed by atoms with van der Waals surface area (Å²) in [5, 5.41) is 0. The molecule has 112 valence electrons. The van der Waals surface area contributed by atoms with E-state index in [0.29, 0.717) is 0 Å². The van der Waals surface area contributed by atoms with Gasteiger partial charge in [0.15, 0.2) is 0 Å². The van der Waals surface area contributed by atoms with Crippen molar-refractivity contribution in [2.75, 3.05) is 0 Å². The standard InChI is InChI=1S/C14H36PSi4/c1-16(2,3)13(17(4,5)6)15-14(18(7,8)9)19(10,11)12/h1-12H3/q+1. The van der Waals surface area contributed by atoms with Crippen molar-refractivity contribution < 1.29 is 0 Å². The fourth-order valence-electron chi connectivity index (χ4n) is 3.03. The van der Waals surface area contributed by atoms with Crippen LogP contribution in [0.25, 0.3) is 0 Å². The zero-order valence-electron chi connectivity index (χ0n) is 15.4. The molecular weight excluding hydrogens is 311 g/mol. The van der Waals surface area contributed by atoms with Crippen molar-refractivity contribution in [2.24, 2.45) is 0 Å². The molecule has 0 aromatic heterocycles. The van der Waals surface area contributed by atoms with Gasteiger partial charge in [-0.15, -0.1) is 0 Å². The Bertz CT molecular complexity index is 323. The fourth-order valence-corrected chi connectivity index (χ4v) is 29.3. The minimum absolute atomic E-state index is 1.15. The summed E-state index contributed by atoms with van der Waals surface area (Å²) in [6.07, 6.45) is 0. The van der Waals surface area contributed by atoms with Gasteiger partial charge in [0.1, 0.15) is 0 Å². The Hall–Kier alpha value is 1.04. The number of rotatable bonds is 4. The molecule has 0 nitrogen and oxygen atoms in total. The molecule has 0 saturated heterocycles. The van der Waals surface area contributed by atoms with Gasteiger partial charge in [-0.3, -0.25) is 0 Å². The molecule has 0 saturated carbocycles. The van der Waals surface area contributed by atoms with E-state index < -0.39 is 32.3 Å². The topological polar surface area (TPSA) is 0 Å². The zero-order valence-corrected chi connectivity index (χ0v) is 20.3. The van der Waals surface area contributed by atoms with Crippen LogP contribution in [0, 0.1) is 0 Å². The van der Waals surface area contributed by atoms with Crippen molar-refractivity contribution in [3.8, 4) is 0 Å². The first kappa shape index (κ1) is 20.0. The third-order valence-corrected chi connectivity index (χ3v) is 27.6. The summed E-state index contributed by atoms with van der Waals surface area (Å²) >= 11 is 0. The van der Waals surface area contributed by atoms with Gasteiger partial charge >= 0.3 is 128 Å². The summed E-state index contributed by atoms with van der Waals surface area (Å²) < 4.78 is 3.97. The first-order chi connectivity index (χ1) is 7.97. The van der Waals surface area contributed by atoms with Gasteiger partial charge in [-0.25, -0.2) is 0 Å². The van der Waals surface area contributed by atoms with Crippen molar-refractivity contribution in [3.05, 3.63) is 0 Å². The summed E-state index contributed by atoms with van der Waals surface area (Å²) in [4.78, 5) is 0. The molecule has 0 fully saturated rings. The molecule has 19 heavy (non-hydrogen) atoms. The summed E-state index contributed by atoms with van der Waals surface area (Å²) in [6, 6.07) is 0. The summed E-state index contributed by atoms with van der Waals surface area (Å²) in [5.41, 5.74) is 0. The number of hydrogen-bond acceptors (Lipinski definition) is 0. The monoisotopic (exact) mass is 347 g/mol. The quantitative estimate of drug-likeness (QED) is 0.446. The first-order valence-electron chi connectivity index (χ1n) is 7.45. The molecule has 0 aliphatic carbocycles. The minimum atomic E-state index is -1.15. The molecule has 0 atom stereocenters. The van der Waals surface area contributed by atoms with Gasteiger partial charge in [-0.1, -0.05) is 0 Å². The summed E-state index contributed by atoms with van der Waals surface area (Å²) in [5.74, 6) is 0.